The molecule has 0 spiro atoms. The monoisotopic (exact) mass is 285 g/mol. The molecule has 3 N–H and O–H groups in total. The summed E-state index contributed by atoms with van der Waals surface area (Å²) in [5.74, 6) is 1.21. The number of aliphatic hydroxyl groups is 1. The Morgan fingerprint density at radius 1 is 1.21 bits per heavy atom. The van der Waals surface area contributed by atoms with E-state index in [1.54, 1.807) is 0 Å². The van der Waals surface area contributed by atoms with E-state index in [1.165, 1.54) is 0 Å². The molecule has 1 aliphatic rings. The Labute approximate surface area is 118 Å². The van der Waals surface area contributed by atoms with Crippen LogP contribution in [-0.2, 0) is 0 Å². The Bertz CT molecular complexity index is 417. The third-order valence-electron chi connectivity index (χ3n) is 3.28. The summed E-state index contributed by atoms with van der Waals surface area (Å²) in [7, 11) is 0. The molecule has 0 amide bonds. The smallest absolute Gasteiger partial charge is 0.228 e. The van der Waals surface area contributed by atoms with E-state index in [-0.39, 0.29) is 17.3 Å². The van der Waals surface area contributed by atoms with Gasteiger partial charge in [-0.15, -0.1) is 0 Å². The van der Waals surface area contributed by atoms with Gasteiger partial charge in [-0.25, -0.2) is 0 Å². The number of rotatable bonds is 6. The molecule has 2 unspecified atom stereocenters. The number of nitrogens with zero attached hydrogens (tertiary/aromatic N) is 3. The second-order valence-electron chi connectivity index (χ2n) is 4.82. The van der Waals surface area contributed by atoms with Crippen molar-refractivity contribution in [2.75, 3.05) is 23.7 Å². The zero-order valence-electron chi connectivity index (χ0n) is 11.1. The number of anilines is 2. The Kier molecular flexibility index (Phi) is 5.15. The fraction of sp³-hybridized carbons (Fsp3) is 0.750. The fourth-order valence-electron chi connectivity index (χ4n) is 2.22. The summed E-state index contributed by atoms with van der Waals surface area (Å²) in [4.78, 5) is 12.3. The Balaban J connectivity index is 1.93. The fourth-order valence-corrected chi connectivity index (χ4v) is 2.38. The van der Waals surface area contributed by atoms with E-state index in [4.69, 9.17) is 11.6 Å². The normalized spacial score (nSPS) is 22.5. The highest BCUT2D eigenvalue weighted by Gasteiger charge is 2.25. The summed E-state index contributed by atoms with van der Waals surface area (Å²) in [6.07, 6.45) is 3.76. The third kappa shape index (κ3) is 4.18. The van der Waals surface area contributed by atoms with Gasteiger partial charge in [0.2, 0.25) is 17.2 Å². The van der Waals surface area contributed by atoms with Crippen LogP contribution in [0.2, 0.25) is 5.28 Å². The molecule has 0 radical (unpaired) electrons. The van der Waals surface area contributed by atoms with Crippen LogP contribution in [0.1, 0.15) is 32.6 Å². The molecule has 0 saturated heterocycles. The Hall–Kier alpha value is -1.14. The van der Waals surface area contributed by atoms with E-state index in [1.807, 2.05) is 0 Å². The first-order valence-electron chi connectivity index (χ1n) is 6.76. The molecule has 1 aromatic heterocycles. The number of aromatic nitrogens is 3. The molecule has 0 aliphatic heterocycles. The molecule has 0 bridgehead atoms. The molecule has 6 nitrogen and oxygen atoms in total. The van der Waals surface area contributed by atoms with Gasteiger partial charge in [-0.3, -0.25) is 0 Å². The molecule has 106 valence electrons. The van der Waals surface area contributed by atoms with Gasteiger partial charge in [-0.05, 0) is 30.9 Å². The lowest BCUT2D eigenvalue weighted by Crippen LogP contribution is -2.23. The number of hydrogen-bond acceptors (Lipinski definition) is 6. The van der Waals surface area contributed by atoms with Crippen molar-refractivity contribution in [1.82, 2.24) is 15.0 Å². The van der Waals surface area contributed by atoms with Crippen molar-refractivity contribution in [2.24, 2.45) is 5.92 Å². The van der Waals surface area contributed by atoms with E-state index in [0.29, 0.717) is 18.4 Å². The quantitative estimate of drug-likeness (QED) is 0.741. The van der Waals surface area contributed by atoms with Crippen molar-refractivity contribution in [1.29, 1.82) is 0 Å². The highest BCUT2D eigenvalue weighted by Crippen LogP contribution is 2.25. The van der Waals surface area contributed by atoms with Crippen molar-refractivity contribution in [2.45, 2.75) is 38.7 Å². The molecule has 1 aromatic rings. The maximum atomic E-state index is 9.76. The molecule has 0 aromatic carbocycles. The van der Waals surface area contributed by atoms with Crippen LogP contribution >= 0.6 is 11.6 Å². The van der Waals surface area contributed by atoms with Gasteiger partial charge in [0, 0.05) is 19.0 Å². The molecule has 1 aliphatic carbocycles. The van der Waals surface area contributed by atoms with E-state index in [0.717, 1.165) is 32.2 Å². The first-order chi connectivity index (χ1) is 9.19. The second-order valence-corrected chi connectivity index (χ2v) is 5.16. The summed E-state index contributed by atoms with van der Waals surface area (Å²) >= 11 is 5.86. The highest BCUT2D eigenvalue weighted by molar-refractivity contribution is 6.28. The zero-order chi connectivity index (χ0) is 13.7. The Morgan fingerprint density at radius 3 is 2.58 bits per heavy atom. The van der Waals surface area contributed by atoms with Gasteiger partial charge in [0.15, 0.2) is 0 Å². The van der Waals surface area contributed by atoms with Gasteiger partial charge < -0.3 is 15.7 Å². The summed E-state index contributed by atoms with van der Waals surface area (Å²) < 4.78 is 0. The van der Waals surface area contributed by atoms with Gasteiger partial charge in [-0.2, -0.15) is 15.0 Å². The SMILES string of the molecule is CCCNc1nc(Cl)nc(NCC2CCCC2O)n1. The van der Waals surface area contributed by atoms with Crippen LogP contribution in [0.15, 0.2) is 0 Å². The maximum Gasteiger partial charge on any atom is 0.228 e. The highest BCUT2D eigenvalue weighted by atomic mass is 35.5. The first-order valence-corrected chi connectivity index (χ1v) is 7.14. The summed E-state index contributed by atoms with van der Waals surface area (Å²) in [5, 5.41) is 16.1. The minimum Gasteiger partial charge on any atom is -0.393 e. The van der Waals surface area contributed by atoms with Crippen molar-refractivity contribution >= 4 is 23.5 Å². The van der Waals surface area contributed by atoms with Crippen LogP contribution in [0, 0.1) is 5.92 Å². The van der Waals surface area contributed by atoms with E-state index in [2.05, 4.69) is 32.5 Å². The second kappa shape index (κ2) is 6.86. The number of aliphatic hydroxyl groups excluding tert-OH is 1. The Morgan fingerprint density at radius 2 is 1.95 bits per heavy atom. The molecular weight excluding hydrogens is 266 g/mol. The minimum absolute atomic E-state index is 0.170. The molecule has 2 atom stereocenters. The van der Waals surface area contributed by atoms with Crippen LogP contribution in [0.4, 0.5) is 11.9 Å². The van der Waals surface area contributed by atoms with Crippen LogP contribution in [0.25, 0.3) is 0 Å². The molecule has 1 heterocycles. The third-order valence-corrected chi connectivity index (χ3v) is 3.45. The number of halogens is 1. The lowest BCUT2D eigenvalue weighted by Gasteiger charge is -2.15. The topological polar surface area (TPSA) is 83.0 Å². The molecular formula is C12H20ClN5O. The first kappa shape index (κ1) is 14.3. The van der Waals surface area contributed by atoms with Gasteiger partial charge >= 0.3 is 0 Å². The lowest BCUT2D eigenvalue weighted by molar-refractivity contribution is 0.138. The van der Waals surface area contributed by atoms with Crippen LogP contribution in [0.3, 0.4) is 0 Å². The summed E-state index contributed by atoms with van der Waals surface area (Å²) in [6, 6.07) is 0. The number of nitrogens with one attached hydrogen (secondary N) is 2. The largest absolute Gasteiger partial charge is 0.393 e. The lowest BCUT2D eigenvalue weighted by atomic mass is 10.1. The molecule has 1 fully saturated rings. The van der Waals surface area contributed by atoms with Gasteiger partial charge in [-0.1, -0.05) is 13.3 Å². The minimum atomic E-state index is -0.220. The predicted molar refractivity (Wildman–Crippen MR) is 75.5 cm³/mol. The van der Waals surface area contributed by atoms with Crippen molar-refractivity contribution in [3.8, 4) is 0 Å². The van der Waals surface area contributed by atoms with Crippen LogP contribution in [-0.4, -0.2) is 39.3 Å². The average Bonchev–Trinajstić information content (AvgIpc) is 2.79. The maximum absolute atomic E-state index is 9.76. The van der Waals surface area contributed by atoms with Crippen molar-refractivity contribution in [3.63, 3.8) is 0 Å². The van der Waals surface area contributed by atoms with Crippen LogP contribution < -0.4 is 10.6 Å². The molecule has 1 saturated carbocycles. The van der Waals surface area contributed by atoms with Crippen LogP contribution in [0.5, 0.6) is 0 Å². The zero-order valence-corrected chi connectivity index (χ0v) is 11.8. The van der Waals surface area contributed by atoms with E-state index < -0.39 is 0 Å². The number of hydrogen-bond donors (Lipinski definition) is 3. The van der Waals surface area contributed by atoms with Gasteiger partial charge in [0.25, 0.3) is 0 Å². The van der Waals surface area contributed by atoms with Crippen molar-refractivity contribution in [3.05, 3.63) is 5.28 Å². The summed E-state index contributed by atoms with van der Waals surface area (Å²) in [6.45, 7) is 3.52. The van der Waals surface area contributed by atoms with E-state index in [9.17, 15) is 5.11 Å². The van der Waals surface area contributed by atoms with Gasteiger partial charge in [0.05, 0.1) is 6.10 Å². The average molecular weight is 286 g/mol. The van der Waals surface area contributed by atoms with E-state index >= 15 is 0 Å². The molecule has 2 rings (SSSR count). The molecule has 7 heteroatoms. The predicted octanol–water partition coefficient (Wildman–Crippen LogP) is 1.92. The standard InChI is InChI=1S/C12H20ClN5O/c1-2-6-14-11-16-10(13)17-12(18-11)15-7-8-4-3-5-9(8)19/h8-9,19H,2-7H2,1H3,(H2,14,15,16,17,18). The summed E-state index contributed by atoms with van der Waals surface area (Å²) in [5.41, 5.74) is 0. The van der Waals surface area contributed by atoms with Gasteiger partial charge in [0.1, 0.15) is 0 Å². The van der Waals surface area contributed by atoms with Crippen molar-refractivity contribution < 1.29 is 5.11 Å². The molecule has 19 heavy (non-hydrogen) atoms.